The van der Waals surface area contributed by atoms with E-state index in [9.17, 15) is 14.7 Å². The number of fused-ring (bicyclic) bond motifs is 5. The monoisotopic (exact) mass is 376 g/mol. The quantitative estimate of drug-likeness (QED) is 0.742. The van der Waals surface area contributed by atoms with Gasteiger partial charge in [0.05, 0.1) is 0 Å². The normalized spacial score (nSPS) is 39.6. The number of allylic oxidation sites excluding steroid dienone is 4. The number of carbonyl (C=O) groups is 2. The summed E-state index contributed by atoms with van der Waals surface area (Å²) >= 11 is 0. The highest BCUT2D eigenvalue weighted by molar-refractivity contribution is 5.98. The van der Waals surface area contributed by atoms with Crippen molar-refractivity contribution in [2.24, 2.45) is 28.6 Å². The van der Waals surface area contributed by atoms with Crippen molar-refractivity contribution in [2.75, 3.05) is 0 Å². The molecule has 0 aromatic heterocycles. The first kappa shape index (κ1) is 17.9. The van der Waals surface area contributed by atoms with Crippen LogP contribution in [0.1, 0.15) is 57.9 Å². The maximum Gasteiger partial charge on any atom is 0.156 e. The van der Waals surface area contributed by atoms with Crippen molar-refractivity contribution in [3.05, 3.63) is 47.6 Å². The van der Waals surface area contributed by atoms with Crippen LogP contribution >= 0.6 is 0 Å². The molecule has 0 aliphatic heterocycles. The molecule has 1 aromatic carbocycles. The molecule has 0 spiro atoms. The molecular weight excluding hydrogens is 348 g/mol. The third-order valence-electron chi connectivity index (χ3n) is 8.50. The van der Waals surface area contributed by atoms with Crippen LogP contribution in [0, 0.1) is 28.6 Å². The lowest BCUT2D eigenvalue weighted by molar-refractivity contribution is -0.130. The van der Waals surface area contributed by atoms with Gasteiger partial charge in [-0.25, -0.2) is 0 Å². The van der Waals surface area contributed by atoms with E-state index in [1.54, 1.807) is 12.1 Å². The number of ketones is 2. The second-order valence-electron chi connectivity index (χ2n) is 9.78. The van der Waals surface area contributed by atoms with Crippen molar-refractivity contribution in [3.8, 4) is 5.75 Å². The van der Waals surface area contributed by atoms with Gasteiger partial charge < -0.3 is 5.11 Å². The maximum atomic E-state index is 12.7. The molecule has 0 bridgehead atoms. The molecule has 28 heavy (non-hydrogen) atoms. The minimum absolute atomic E-state index is 0.0203. The Morgan fingerprint density at radius 3 is 2.39 bits per heavy atom. The summed E-state index contributed by atoms with van der Waals surface area (Å²) in [5.41, 5.74) is 3.16. The highest BCUT2D eigenvalue weighted by Crippen LogP contribution is 2.64. The highest BCUT2D eigenvalue weighted by Gasteiger charge is 2.58. The van der Waals surface area contributed by atoms with E-state index in [1.165, 1.54) is 5.57 Å². The summed E-state index contributed by atoms with van der Waals surface area (Å²) < 4.78 is 0. The van der Waals surface area contributed by atoms with Crippen LogP contribution in [0.15, 0.2) is 42.0 Å². The first-order valence-electron chi connectivity index (χ1n) is 10.6. The zero-order valence-corrected chi connectivity index (χ0v) is 16.7. The van der Waals surface area contributed by atoms with Crippen molar-refractivity contribution < 1.29 is 14.7 Å². The molecule has 4 aliphatic carbocycles. The molecule has 0 heterocycles. The minimum Gasteiger partial charge on any atom is -0.508 e. The van der Waals surface area contributed by atoms with E-state index in [-0.39, 0.29) is 22.4 Å². The molecule has 1 aromatic rings. The van der Waals surface area contributed by atoms with Crippen molar-refractivity contribution in [1.29, 1.82) is 0 Å². The molecule has 3 nitrogen and oxygen atoms in total. The van der Waals surface area contributed by atoms with Crippen molar-refractivity contribution in [1.82, 2.24) is 0 Å². The van der Waals surface area contributed by atoms with Crippen LogP contribution in [0.3, 0.4) is 0 Å². The molecule has 146 valence electrons. The summed E-state index contributed by atoms with van der Waals surface area (Å²) in [4.78, 5) is 25.0. The molecule has 2 saturated carbocycles. The molecule has 0 amide bonds. The van der Waals surface area contributed by atoms with Gasteiger partial charge in [-0.2, -0.15) is 0 Å². The van der Waals surface area contributed by atoms with Crippen LogP contribution in [0.2, 0.25) is 0 Å². The van der Waals surface area contributed by atoms with Crippen LogP contribution in [0.4, 0.5) is 0 Å². The van der Waals surface area contributed by atoms with Crippen LogP contribution in [-0.4, -0.2) is 16.7 Å². The summed E-state index contributed by atoms with van der Waals surface area (Å²) in [5, 5.41) is 9.73. The molecular formula is C25H28O3. The Balaban J connectivity index is 1.69. The largest absolute Gasteiger partial charge is 0.508 e. The number of aromatic hydroxyl groups is 1. The fourth-order valence-electron chi connectivity index (χ4n) is 6.80. The number of carbonyl (C=O) groups excluding carboxylic acids is 2. The number of hydrogen-bond donors (Lipinski definition) is 1. The fourth-order valence-corrected chi connectivity index (χ4v) is 6.80. The predicted molar refractivity (Wildman–Crippen MR) is 109 cm³/mol. The molecule has 0 saturated heterocycles. The summed E-state index contributed by atoms with van der Waals surface area (Å²) in [7, 11) is 0. The third kappa shape index (κ3) is 2.34. The number of rotatable bonds is 1. The first-order chi connectivity index (χ1) is 13.3. The smallest absolute Gasteiger partial charge is 0.156 e. The summed E-state index contributed by atoms with van der Waals surface area (Å²) in [6.07, 6.45) is 9.52. The maximum absolute atomic E-state index is 12.7. The molecule has 0 unspecified atom stereocenters. The first-order valence-corrected chi connectivity index (χ1v) is 10.6. The SMILES string of the molecule is C[C@]12CCC(=O)C=C1C(c1ccc(O)cc1)=C[C@@H]1[C@@H]2CC[C@]2(C)C(=O)CC[C@@H]12. The molecule has 2 fully saturated rings. The number of phenolic OH excluding ortho intramolecular Hbond substituents is 1. The van der Waals surface area contributed by atoms with Crippen molar-refractivity contribution in [3.63, 3.8) is 0 Å². The van der Waals surface area contributed by atoms with E-state index in [0.29, 0.717) is 36.4 Å². The molecule has 5 atom stereocenters. The predicted octanol–water partition coefficient (Wildman–Crippen LogP) is 5.10. The number of phenols is 1. The van der Waals surface area contributed by atoms with Gasteiger partial charge in [0.15, 0.2) is 5.78 Å². The number of benzene rings is 1. The zero-order chi connectivity index (χ0) is 19.7. The van der Waals surface area contributed by atoms with Crippen LogP contribution in [-0.2, 0) is 9.59 Å². The van der Waals surface area contributed by atoms with E-state index in [1.807, 2.05) is 18.2 Å². The van der Waals surface area contributed by atoms with E-state index in [4.69, 9.17) is 0 Å². The molecule has 4 aliphatic rings. The Labute approximate surface area is 166 Å². The second kappa shape index (κ2) is 5.92. The van der Waals surface area contributed by atoms with E-state index in [0.717, 1.165) is 36.8 Å². The van der Waals surface area contributed by atoms with Gasteiger partial charge in [0, 0.05) is 18.3 Å². The van der Waals surface area contributed by atoms with Crippen molar-refractivity contribution in [2.45, 2.75) is 52.4 Å². The Bertz CT molecular complexity index is 922. The van der Waals surface area contributed by atoms with Gasteiger partial charge in [0.25, 0.3) is 0 Å². The Morgan fingerprint density at radius 1 is 0.929 bits per heavy atom. The van der Waals surface area contributed by atoms with Crippen LogP contribution in [0.25, 0.3) is 5.57 Å². The lowest BCUT2D eigenvalue weighted by Crippen LogP contribution is -2.49. The minimum atomic E-state index is -0.181. The lowest BCUT2D eigenvalue weighted by Gasteiger charge is -2.55. The van der Waals surface area contributed by atoms with Gasteiger partial charge in [-0.15, -0.1) is 0 Å². The number of Topliss-reactive ketones (excluding diaryl/α,β-unsaturated/α-hetero) is 1. The molecule has 3 heteroatoms. The molecule has 1 N–H and O–H groups in total. The van der Waals surface area contributed by atoms with Gasteiger partial charge in [-0.1, -0.05) is 32.1 Å². The zero-order valence-electron chi connectivity index (χ0n) is 16.7. The van der Waals surface area contributed by atoms with E-state index in [2.05, 4.69) is 19.9 Å². The Kier molecular flexibility index (Phi) is 3.78. The Hall–Kier alpha value is -2.16. The number of hydrogen-bond acceptors (Lipinski definition) is 3. The van der Waals surface area contributed by atoms with E-state index >= 15 is 0 Å². The summed E-state index contributed by atoms with van der Waals surface area (Å²) in [6.45, 7) is 4.53. The third-order valence-corrected chi connectivity index (χ3v) is 8.50. The molecule has 0 radical (unpaired) electrons. The van der Waals surface area contributed by atoms with E-state index < -0.39 is 0 Å². The van der Waals surface area contributed by atoms with Gasteiger partial charge in [-0.05, 0) is 83.8 Å². The Morgan fingerprint density at radius 2 is 1.64 bits per heavy atom. The lowest BCUT2D eigenvalue weighted by atomic mass is 9.48. The van der Waals surface area contributed by atoms with Crippen molar-refractivity contribution >= 4 is 17.1 Å². The summed E-state index contributed by atoms with van der Waals surface area (Å²) in [5.74, 6) is 2.19. The van der Waals surface area contributed by atoms with Gasteiger partial charge in [0.2, 0.25) is 0 Å². The fraction of sp³-hybridized carbons (Fsp3) is 0.520. The van der Waals surface area contributed by atoms with Gasteiger partial charge in [0.1, 0.15) is 11.5 Å². The average Bonchev–Trinajstić information content (AvgIpc) is 2.98. The molecule has 5 rings (SSSR count). The van der Waals surface area contributed by atoms with Crippen LogP contribution in [0.5, 0.6) is 5.75 Å². The average molecular weight is 376 g/mol. The van der Waals surface area contributed by atoms with Gasteiger partial charge in [-0.3, -0.25) is 9.59 Å². The summed E-state index contributed by atoms with van der Waals surface area (Å²) in [6, 6.07) is 7.33. The standard InChI is InChI=1S/C25H28O3/c1-24-11-9-17(27)13-22(24)18(15-3-5-16(26)6-4-15)14-19-20-7-8-23(28)25(20,2)12-10-21(19)24/h3-6,13-14,19-21,26H,7-12H2,1-2H3/t19-,20-,21-,24+,25-/m0/s1. The topological polar surface area (TPSA) is 54.4 Å². The highest BCUT2D eigenvalue weighted by atomic mass is 16.3. The van der Waals surface area contributed by atoms with Gasteiger partial charge >= 0.3 is 0 Å². The van der Waals surface area contributed by atoms with Crippen LogP contribution < -0.4 is 0 Å². The second-order valence-corrected chi connectivity index (χ2v) is 9.78.